The van der Waals surface area contributed by atoms with Crippen molar-refractivity contribution in [2.75, 3.05) is 32.8 Å². The Morgan fingerprint density at radius 3 is 2.48 bits per heavy atom. The standard InChI is InChI=1S/C21H24N2O2/c24-21(23-15-13-22-14-16-23)11-8-19-6-9-20(10-7-19)25-17-12-18-4-2-1-3-5-18/h1-11,22H,12-17H2/b11-8+. The smallest absolute Gasteiger partial charge is 0.246 e. The molecule has 0 spiro atoms. The third kappa shape index (κ3) is 5.47. The molecule has 1 heterocycles. The van der Waals surface area contributed by atoms with E-state index in [0.717, 1.165) is 43.9 Å². The van der Waals surface area contributed by atoms with Gasteiger partial charge in [0.2, 0.25) is 5.91 Å². The van der Waals surface area contributed by atoms with Crippen LogP contribution in [-0.4, -0.2) is 43.6 Å². The van der Waals surface area contributed by atoms with Gasteiger partial charge in [0.05, 0.1) is 6.61 Å². The molecule has 25 heavy (non-hydrogen) atoms. The van der Waals surface area contributed by atoms with Gasteiger partial charge >= 0.3 is 0 Å². The second-order valence-electron chi connectivity index (χ2n) is 6.06. The molecular formula is C21H24N2O2. The second-order valence-corrected chi connectivity index (χ2v) is 6.06. The number of hydrogen-bond donors (Lipinski definition) is 1. The zero-order valence-electron chi connectivity index (χ0n) is 14.4. The summed E-state index contributed by atoms with van der Waals surface area (Å²) in [4.78, 5) is 14.0. The Hall–Kier alpha value is -2.59. The highest BCUT2D eigenvalue weighted by atomic mass is 16.5. The van der Waals surface area contributed by atoms with E-state index in [-0.39, 0.29) is 5.91 Å². The maximum absolute atomic E-state index is 12.1. The van der Waals surface area contributed by atoms with Gasteiger partial charge in [-0.2, -0.15) is 0 Å². The van der Waals surface area contributed by atoms with Crippen LogP contribution in [0.15, 0.2) is 60.7 Å². The minimum Gasteiger partial charge on any atom is -0.493 e. The summed E-state index contributed by atoms with van der Waals surface area (Å²) in [5, 5.41) is 3.24. The fraction of sp³-hybridized carbons (Fsp3) is 0.286. The largest absolute Gasteiger partial charge is 0.493 e. The lowest BCUT2D eigenvalue weighted by Gasteiger charge is -2.26. The summed E-state index contributed by atoms with van der Waals surface area (Å²) in [5.74, 6) is 0.922. The van der Waals surface area contributed by atoms with E-state index < -0.39 is 0 Å². The second kappa shape index (κ2) is 9.04. The van der Waals surface area contributed by atoms with Crippen molar-refractivity contribution in [2.45, 2.75) is 6.42 Å². The van der Waals surface area contributed by atoms with Crippen LogP contribution in [0.2, 0.25) is 0 Å². The molecular weight excluding hydrogens is 312 g/mol. The number of hydrogen-bond acceptors (Lipinski definition) is 3. The van der Waals surface area contributed by atoms with Crippen LogP contribution in [-0.2, 0) is 11.2 Å². The Bertz CT molecular complexity index is 690. The molecule has 2 aromatic rings. The van der Waals surface area contributed by atoms with Gasteiger partial charge in [-0.15, -0.1) is 0 Å². The fourth-order valence-corrected chi connectivity index (χ4v) is 2.76. The van der Waals surface area contributed by atoms with E-state index in [9.17, 15) is 4.79 Å². The van der Waals surface area contributed by atoms with E-state index in [2.05, 4.69) is 17.4 Å². The summed E-state index contributed by atoms with van der Waals surface area (Å²) < 4.78 is 5.78. The Labute approximate surface area is 149 Å². The zero-order valence-corrected chi connectivity index (χ0v) is 14.4. The number of amides is 1. The van der Waals surface area contributed by atoms with Gasteiger partial charge in [0.15, 0.2) is 0 Å². The Balaban J connectivity index is 1.46. The van der Waals surface area contributed by atoms with E-state index >= 15 is 0 Å². The Kier molecular flexibility index (Phi) is 6.23. The van der Waals surface area contributed by atoms with Crippen molar-refractivity contribution in [1.82, 2.24) is 10.2 Å². The molecule has 1 fully saturated rings. The van der Waals surface area contributed by atoms with Crippen LogP contribution in [0.3, 0.4) is 0 Å². The third-order valence-corrected chi connectivity index (χ3v) is 4.23. The van der Waals surface area contributed by atoms with E-state index in [1.54, 1.807) is 6.08 Å². The molecule has 4 nitrogen and oxygen atoms in total. The molecule has 0 unspecified atom stereocenters. The first-order valence-corrected chi connectivity index (χ1v) is 8.76. The van der Waals surface area contributed by atoms with Crippen LogP contribution in [0.1, 0.15) is 11.1 Å². The number of carbonyl (C=O) groups excluding carboxylic acids is 1. The fourth-order valence-electron chi connectivity index (χ4n) is 2.76. The van der Waals surface area contributed by atoms with Crippen molar-refractivity contribution >= 4 is 12.0 Å². The van der Waals surface area contributed by atoms with Gasteiger partial charge in [-0.05, 0) is 29.3 Å². The molecule has 1 amide bonds. The summed E-state index contributed by atoms with van der Waals surface area (Å²) in [6, 6.07) is 18.1. The molecule has 1 aliphatic heterocycles. The van der Waals surface area contributed by atoms with Crippen LogP contribution in [0, 0.1) is 0 Å². The van der Waals surface area contributed by atoms with Crippen molar-refractivity contribution in [3.8, 4) is 5.75 Å². The zero-order chi connectivity index (χ0) is 17.3. The van der Waals surface area contributed by atoms with E-state index in [1.807, 2.05) is 53.4 Å². The van der Waals surface area contributed by atoms with Crippen LogP contribution >= 0.6 is 0 Å². The summed E-state index contributed by atoms with van der Waals surface area (Å²) in [6.45, 7) is 3.94. The monoisotopic (exact) mass is 336 g/mol. The highest BCUT2D eigenvalue weighted by Gasteiger charge is 2.12. The van der Waals surface area contributed by atoms with E-state index in [1.165, 1.54) is 5.56 Å². The maximum Gasteiger partial charge on any atom is 0.246 e. The van der Waals surface area contributed by atoms with Crippen LogP contribution in [0.4, 0.5) is 0 Å². The number of nitrogens with zero attached hydrogens (tertiary/aromatic N) is 1. The highest BCUT2D eigenvalue weighted by molar-refractivity contribution is 5.91. The summed E-state index contributed by atoms with van der Waals surface area (Å²) in [7, 11) is 0. The van der Waals surface area contributed by atoms with Gasteiger partial charge in [0.1, 0.15) is 5.75 Å². The van der Waals surface area contributed by atoms with Crippen molar-refractivity contribution in [3.63, 3.8) is 0 Å². The van der Waals surface area contributed by atoms with Gasteiger partial charge in [0.25, 0.3) is 0 Å². The van der Waals surface area contributed by atoms with Gasteiger partial charge in [-0.3, -0.25) is 4.79 Å². The van der Waals surface area contributed by atoms with Crippen LogP contribution < -0.4 is 10.1 Å². The molecule has 0 radical (unpaired) electrons. The van der Waals surface area contributed by atoms with Crippen molar-refractivity contribution in [3.05, 3.63) is 71.8 Å². The molecule has 130 valence electrons. The lowest BCUT2D eigenvalue weighted by Crippen LogP contribution is -2.45. The average Bonchev–Trinajstić information content (AvgIpc) is 2.68. The maximum atomic E-state index is 12.1. The first-order chi connectivity index (χ1) is 12.3. The van der Waals surface area contributed by atoms with Crippen molar-refractivity contribution in [1.29, 1.82) is 0 Å². The molecule has 1 saturated heterocycles. The normalized spacial score (nSPS) is 14.6. The minimum absolute atomic E-state index is 0.0738. The molecule has 0 atom stereocenters. The van der Waals surface area contributed by atoms with E-state index in [4.69, 9.17) is 4.74 Å². The predicted molar refractivity (Wildman–Crippen MR) is 101 cm³/mol. The Morgan fingerprint density at radius 2 is 1.76 bits per heavy atom. The van der Waals surface area contributed by atoms with Gasteiger partial charge in [-0.1, -0.05) is 42.5 Å². The molecule has 0 bridgehead atoms. The van der Waals surface area contributed by atoms with Crippen molar-refractivity contribution < 1.29 is 9.53 Å². The van der Waals surface area contributed by atoms with Crippen LogP contribution in [0.5, 0.6) is 5.75 Å². The van der Waals surface area contributed by atoms with Gasteiger partial charge in [0, 0.05) is 38.7 Å². The number of nitrogens with one attached hydrogen (secondary N) is 1. The van der Waals surface area contributed by atoms with Gasteiger partial charge < -0.3 is 15.0 Å². The number of carbonyl (C=O) groups is 1. The van der Waals surface area contributed by atoms with E-state index in [0.29, 0.717) is 6.61 Å². The lowest BCUT2D eigenvalue weighted by molar-refractivity contribution is -0.126. The highest BCUT2D eigenvalue weighted by Crippen LogP contribution is 2.14. The first kappa shape index (κ1) is 17.2. The quantitative estimate of drug-likeness (QED) is 0.825. The molecule has 0 aliphatic carbocycles. The molecule has 1 aliphatic rings. The average molecular weight is 336 g/mol. The van der Waals surface area contributed by atoms with Gasteiger partial charge in [-0.25, -0.2) is 0 Å². The topological polar surface area (TPSA) is 41.6 Å². The molecule has 0 saturated carbocycles. The number of piperazine rings is 1. The summed E-state index contributed by atoms with van der Waals surface area (Å²) in [5.41, 5.74) is 2.27. The first-order valence-electron chi connectivity index (χ1n) is 8.76. The molecule has 4 heteroatoms. The molecule has 0 aromatic heterocycles. The Morgan fingerprint density at radius 1 is 1.04 bits per heavy atom. The molecule has 3 rings (SSSR count). The third-order valence-electron chi connectivity index (χ3n) is 4.23. The predicted octanol–water partition coefficient (Wildman–Crippen LogP) is 2.75. The molecule has 2 aromatic carbocycles. The number of benzene rings is 2. The van der Waals surface area contributed by atoms with Crippen LogP contribution in [0.25, 0.3) is 6.08 Å². The minimum atomic E-state index is 0.0738. The summed E-state index contributed by atoms with van der Waals surface area (Å²) >= 11 is 0. The summed E-state index contributed by atoms with van der Waals surface area (Å²) in [6.07, 6.45) is 4.40. The SMILES string of the molecule is O=C(/C=C/c1ccc(OCCc2ccccc2)cc1)N1CCNCC1. The number of ether oxygens (including phenoxy) is 1. The van der Waals surface area contributed by atoms with Crippen molar-refractivity contribution in [2.24, 2.45) is 0 Å². The lowest BCUT2D eigenvalue weighted by atomic mass is 10.2. The number of rotatable bonds is 6. The molecule has 1 N–H and O–H groups in total.